The van der Waals surface area contributed by atoms with Crippen LogP contribution in [0.5, 0.6) is 0 Å². The lowest BCUT2D eigenvalue weighted by Crippen LogP contribution is -2.16. The van der Waals surface area contributed by atoms with E-state index in [1.165, 1.54) is 29.0 Å². The standard InChI is InChI=1S/C9H24O2Si2/c1-3-5-6-9(10-4-2)7-8-11-13-12/h9H,3-8,13H2,1-2,12H3. The largest absolute Gasteiger partial charge is 0.428 e. The van der Waals surface area contributed by atoms with E-state index in [9.17, 15) is 0 Å². The van der Waals surface area contributed by atoms with Crippen LogP contribution in [0.2, 0.25) is 0 Å². The summed E-state index contributed by atoms with van der Waals surface area (Å²) in [6.07, 6.45) is 5.30. The first-order valence-corrected chi connectivity index (χ1v) is 11.8. The molecule has 0 saturated carbocycles. The maximum atomic E-state index is 5.64. The molecule has 80 valence electrons. The van der Waals surface area contributed by atoms with Crippen LogP contribution in [0.1, 0.15) is 39.5 Å². The average Bonchev–Trinajstić information content (AvgIpc) is 2.14. The van der Waals surface area contributed by atoms with Crippen LogP contribution in [0.4, 0.5) is 0 Å². The Morgan fingerprint density at radius 3 is 2.62 bits per heavy atom. The van der Waals surface area contributed by atoms with Crippen LogP contribution < -0.4 is 0 Å². The van der Waals surface area contributed by atoms with Crippen LogP contribution >= 0.6 is 0 Å². The molecule has 0 aliphatic carbocycles. The molecule has 4 heteroatoms. The van der Waals surface area contributed by atoms with Gasteiger partial charge in [0.1, 0.15) is 9.28 Å². The molecule has 1 unspecified atom stereocenters. The lowest BCUT2D eigenvalue weighted by atomic mass is 10.1. The van der Waals surface area contributed by atoms with Crippen molar-refractivity contribution < 1.29 is 9.16 Å². The van der Waals surface area contributed by atoms with Gasteiger partial charge < -0.3 is 9.16 Å². The van der Waals surface area contributed by atoms with Gasteiger partial charge >= 0.3 is 0 Å². The Kier molecular flexibility index (Phi) is 10.7. The molecule has 0 heterocycles. The molecule has 0 spiro atoms. The third-order valence-electron chi connectivity index (χ3n) is 2.07. The fraction of sp³-hybridized carbons (Fsp3) is 1.00. The monoisotopic (exact) mass is 220 g/mol. The van der Waals surface area contributed by atoms with E-state index in [1.807, 2.05) is 0 Å². The Morgan fingerprint density at radius 1 is 1.31 bits per heavy atom. The highest BCUT2D eigenvalue weighted by molar-refractivity contribution is 6.85. The van der Waals surface area contributed by atoms with Crippen LogP contribution in [0.15, 0.2) is 0 Å². The molecule has 0 bridgehead atoms. The van der Waals surface area contributed by atoms with Gasteiger partial charge in [-0.3, -0.25) is 0 Å². The predicted octanol–water partition coefficient (Wildman–Crippen LogP) is 0.353. The van der Waals surface area contributed by atoms with Gasteiger partial charge in [0.2, 0.25) is 0 Å². The molecule has 0 aliphatic rings. The van der Waals surface area contributed by atoms with E-state index in [4.69, 9.17) is 9.16 Å². The lowest BCUT2D eigenvalue weighted by molar-refractivity contribution is 0.0401. The zero-order valence-corrected chi connectivity index (χ0v) is 12.8. The van der Waals surface area contributed by atoms with Crippen molar-refractivity contribution in [3.63, 3.8) is 0 Å². The lowest BCUT2D eigenvalue weighted by Gasteiger charge is -2.16. The van der Waals surface area contributed by atoms with Gasteiger partial charge in [0, 0.05) is 23.0 Å². The summed E-state index contributed by atoms with van der Waals surface area (Å²) in [6.45, 7) is 6.07. The summed E-state index contributed by atoms with van der Waals surface area (Å²) in [5.41, 5.74) is 0. The van der Waals surface area contributed by atoms with Gasteiger partial charge in [-0.05, 0) is 19.8 Å². The highest BCUT2D eigenvalue weighted by atomic mass is 29.1. The van der Waals surface area contributed by atoms with Crippen molar-refractivity contribution in [2.24, 2.45) is 0 Å². The fourth-order valence-corrected chi connectivity index (χ4v) is 2.66. The Bertz CT molecular complexity index is 102. The minimum atomic E-state index is -0.0788. The fourth-order valence-electron chi connectivity index (χ4n) is 1.34. The van der Waals surface area contributed by atoms with Gasteiger partial charge in [0.05, 0.1) is 6.10 Å². The highest BCUT2D eigenvalue weighted by Crippen LogP contribution is 2.08. The van der Waals surface area contributed by atoms with Gasteiger partial charge in [0.25, 0.3) is 0 Å². The molecule has 0 aromatic carbocycles. The summed E-state index contributed by atoms with van der Waals surface area (Å²) in [5.74, 6) is 0. The minimum absolute atomic E-state index is 0.0788. The van der Waals surface area contributed by atoms with Crippen molar-refractivity contribution in [2.45, 2.75) is 45.6 Å². The van der Waals surface area contributed by atoms with E-state index in [2.05, 4.69) is 13.8 Å². The SMILES string of the molecule is CCCCC(CCO[SiH2][SiH3])OCC. The number of ether oxygens (including phenoxy) is 1. The van der Waals surface area contributed by atoms with Gasteiger partial charge in [-0.25, -0.2) is 0 Å². The van der Waals surface area contributed by atoms with Crippen LogP contribution in [0.25, 0.3) is 0 Å². The van der Waals surface area contributed by atoms with Gasteiger partial charge in [-0.1, -0.05) is 19.8 Å². The highest BCUT2D eigenvalue weighted by Gasteiger charge is 2.06. The summed E-state index contributed by atoms with van der Waals surface area (Å²) in [6, 6.07) is 0. The molecule has 13 heavy (non-hydrogen) atoms. The summed E-state index contributed by atoms with van der Waals surface area (Å²) in [7, 11) is 1.20. The van der Waals surface area contributed by atoms with Crippen molar-refractivity contribution in [1.29, 1.82) is 0 Å². The first-order valence-electron chi connectivity index (χ1n) is 5.54. The first-order chi connectivity index (χ1) is 6.35. The summed E-state index contributed by atoms with van der Waals surface area (Å²) in [4.78, 5) is 0. The molecule has 0 saturated heterocycles. The zero-order chi connectivity index (χ0) is 9.94. The van der Waals surface area contributed by atoms with Crippen molar-refractivity contribution in [3.05, 3.63) is 0 Å². The quantitative estimate of drug-likeness (QED) is 0.412. The van der Waals surface area contributed by atoms with Crippen LogP contribution in [0, 0.1) is 0 Å². The third kappa shape index (κ3) is 8.68. The second-order valence-electron chi connectivity index (χ2n) is 3.21. The second-order valence-corrected chi connectivity index (χ2v) is 5.92. The number of hydrogen-bond acceptors (Lipinski definition) is 2. The normalized spacial score (nSPS) is 14.3. The maximum Gasteiger partial charge on any atom is 0.139 e. The van der Waals surface area contributed by atoms with Crippen molar-refractivity contribution in [1.82, 2.24) is 0 Å². The molecule has 0 aromatic rings. The van der Waals surface area contributed by atoms with Gasteiger partial charge in [-0.2, -0.15) is 0 Å². The first kappa shape index (κ1) is 13.4. The Hall–Kier alpha value is 0.354. The number of unbranched alkanes of at least 4 members (excludes halogenated alkanes) is 1. The van der Waals surface area contributed by atoms with E-state index < -0.39 is 0 Å². The number of hydrogen-bond donors (Lipinski definition) is 0. The van der Waals surface area contributed by atoms with E-state index in [0.29, 0.717) is 6.10 Å². The molecule has 0 rings (SSSR count). The molecule has 0 aliphatic heterocycles. The molecule has 0 N–H and O–H groups in total. The van der Waals surface area contributed by atoms with Crippen molar-refractivity contribution >= 4 is 19.0 Å². The topological polar surface area (TPSA) is 18.5 Å². The molecular formula is C9H24O2Si2. The summed E-state index contributed by atoms with van der Waals surface area (Å²) >= 11 is 0. The Morgan fingerprint density at radius 2 is 2.08 bits per heavy atom. The van der Waals surface area contributed by atoms with E-state index in [-0.39, 0.29) is 9.28 Å². The van der Waals surface area contributed by atoms with Gasteiger partial charge in [0.15, 0.2) is 0 Å². The predicted molar refractivity (Wildman–Crippen MR) is 64.0 cm³/mol. The van der Waals surface area contributed by atoms with E-state index >= 15 is 0 Å². The van der Waals surface area contributed by atoms with E-state index in [0.717, 1.165) is 19.6 Å². The smallest absolute Gasteiger partial charge is 0.139 e. The van der Waals surface area contributed by atoms with Crippen molar-refractivity contribution in [3.8, 4) is 0 Å². The Balaban J connectivity index is 3.41. The molecule has 0 radical (unpaired) electrons. The third-order valence-corrected chi connectivity index (χ3v) is 3.99. The maximum absolute atomic E-state index is 5.64. The molecular weight excluding hydrogens is 196 g/mol. The summed E-state index contributed by atoms with van der Waals surface area (Å²) in [5, 5.41) is 0. The zero-order valence-electron chi connectivity index (χ0n) is 9.34. The molecule has 1 atom stereocenters. The average molecular weight is 220 g/mol. The molecule has 0 fully saturated rings. The molecule has 2 nitrogen and oxygen atoms in total. The second kappa shape index (κ2) is 10.4. The van der Waals surface area contributed by atoms with Gasteiger partial charge in [-0.15, -0.1) is 0 Å². The molecule has 0 aromatic heterocycles. The molecule has 0 amide bonds. The van der Waals surface area contributed by atoms with Crippen LogP contribution in [0.3, 0.4) is 0 Å². The Labute approximate surface area is 87.5 Å². The van der Waals surface area contributed by atoms with Crippen LogP contribution in [-0.2, 0) is 9.16 Å². The van der Waals surface area contributed by atoms with E-state index in [1.54, 1.807) is 0 Å². The summed E-state index contributed by atoms with van der Waals surface area (Å²) < 4.78 is 11.1. The number of rotatable bonds is 9. The minimum Gasteiger partial charge on any atom is -0.428 e. The van der Waals surface area contributed by atoms with Crippen molar-refractivity contribution in [2.75, 3.05) is 13.2 Å². The van der Waals surface area contributed by atoms with Crippen LogP contribution in [-0.4, -0.2) is 38.4 Å².